The number of likely N-dealkylation sites (N-methyl/N-ethyl adjacent to an activating group) is 1. The van der Waals surface area contributed by atoms with Gasteiger partial charge in [0, 0.05) is 23.6 Å². The fraction of sp³-hybridized carbons (Fsp3) is 0.417. The molecular weight excluding hydrogens is 286 g/mol. The van der Waals surface area contributed by atoms with E-state index in [0.717, 1.165) is 10.0 Å². The lowest BCUT2D eigenvalue weighted by Gasteiger charge is -2.20. The molecule has 1 aromatic carbocycles. The van der Waals surface area contributed by atoms with Gasteiger partial charge in [0.2, 0.25) is 0 Å². The van der Waals surface area contributed by atoms with Crippen LogP contribution in [0.15, 0.2) is 22.7 Å². The number of hydrogen-bond acceptors (Lipinski definition) is 3. The number of aliphatic hydroxyl groups is 2. The first-order valence-electron chi connectivity index (χ1n) is 5.26. The summed E-state index contributed by atoms with van der Waals surface area (Å²) in [6, 6.07) is 5.47. The lowest BCUT2D eigenvalue weighted by molar-refractivity contribution is 0.0519. The van der Waals surface area contributed by atoms with Gasteiger partial charge in [0.05, 0.1) is 12.7 Å². The number of benzene rings is 1. The lowest BCUT2D eigenvalue weighted by Crippen LogP contribution is -2.36. The van der Waals surface area contributed by atoms with Crippen molar-refractivity contribution in [2.75, 3.05) is 20.2 Å². The molecule has 0 aromatic heterocycles. The summed E-state index contributed by atoms with van der Waals surface area (Å²) in [5, 5.41) is 18.0. The van der Waals surface area contributed by atoms with Crippen LogP contribution in [0.1, 0.15) is 15.9 Å². The van der Waals surface area contributed by atoms with Crippen molar-refractivity contribution >= 4 is 21.8 Å². The van der Waals surface area contributed by atoms with Crippen molar-refractivity contribution in [1.29, 1.82) is 0 Å². The molecule has 0 fully saturated rings. The number of carbonyl (C=O) groups excluding carboxylic acids is 1. The monoisotopic (exact) mass is 301 g/mol. The van der Waals surface area contributed by atoms with Crippen molar-refractivity contribution in [1.82, 2.24) is 4.90 Å². The number of halogens is 1. The first-order chi connectivity index (χ1) is 7.95. The van der Waals surface area contributed by atoms with Crippen LogP contribution < -0.4 is 0 Å². The number of amides is 1. The number of hydrogen-bond donors (Lipinski definition) is 2. The van der Waals surface area contributed by atoms with Gasteiger partial charge in [-0.3, -0.25) is 4.79 Å². The average Bonchev–Trinajstić information content (AvgIpc) is 2.31. The van der Waals surface area contributed by atoms with E-state index in [9.17, 15) is 9.90 Å². The van der Waals surface area contributed by atoms with Crippen molar-refractivity contribution in [2.24, 2.45) is 0 Å². The molecule has 0 bridgehead atoms. The van der Waals surface area contributed by atoms with E-state index in [0.29, 0.717) is 5.56 Å². The van der Waals surface area contributed by atoms with Crippen LogP contribution in [0.5, 0.6) is 0 Å². The molecule has 0 radical (unpaired) electrons. The van der Waals surface area contributed by atoms with E-state index in [1.54, 1.807) is 13.1 Å². The number of nitrogens with zero attached hydrogens (tertiary/aromatic N) is 1. The van der Waals surface area contributed by atoms with Crippen LogP contribution in [0.2, 0.25) is 0 Å². The summed E-state index contributed by atoms with van der Waals surface area (Å²) in [6.45, 7) is 1.62. The molecule has 0 heterocycles. The normalized spacial score (nSPS) is 12.3. The maximum Gasteiger partial charge on any atom is 0.253 e. The lowest BCUT2D eigenvalue weighted by atomic mass is 10.1. The van der Waals surface area contributed by atoms with Crippen LogP contribution in [0.4, 0.5) is 0 Å². The van der Waals surface area contributed by atoms with Gasteiger partial charge in [0.15, 0.2) is 0 Å². The van der Waals surface area contributed by atoms with Crippen molar-refractivity contribution < 1.29 is 15.0 Å². The summed E-state index contributed by atoms with van der Waals surface area (Å²) in [6.07, 6.45) is -0.906. The minimum Gasteiger partial charge on any atom is -0.394 e. The van der Waals surface area contributed by atoms with Crippen molar-refractivity contribution in [3.8, 4) is 0 Å². The van der Waals surface area contributed by atoms with Crippen LogP contribution in [0, 0.1) is 6.92 Å². The molecule has 1 atom stereocenters. The molecule has 0 aliphatic rings. The van der Waals surface area contributed by atoms with E-state index in [1.807, 2.05) is 19.1 Å². The van der Waals surface area contributed by atoms with Gasteiger partial charge >= 0.3 is 0 Å². The number of rotatable bonds is 4. The van der Waals surface area contributed by atoms with Crippen molar-refractivity contribution in [3.05, 3.63) is 33.8 Å². The maximum absolute atomic E-state index is 12.1. The smallest absolute Gasteiger partial charge is 0.253 e. The topological polar surface area (TPSA) is 60.8 Å². The third-order valence-corrected chi connectivity index (χ3v) is 2.97. The van der Waals surface area contributed by atoms with E-state index in [-0.39, 0.29) is 19.1 Å². The zero-order valence-electron chi connectivity index (χ0n) is 9.85. The Bertz CT molecular complexity index is 409. The highest BCUT2D eigenvalue weighted by atomic mass is 79.9. The molecule has 0 aliphatic heterocycles. The third kappa shape index (κ3) is 3.80. The Labute approximate surface area is 109 Å². The molecule has 0 aliphatic carbocycles. The number of carbonyl (C=O) groups is 1. The highest BCUT2D eigenvalue weighted by Gasteiger charge is 2.16. The molecule has 0 saturated heterocycles. The number of aliphatic hydroxyl groups excluding tert-OH is 2. The Morgan fingerprint density at radius 3 is 2.76 bits per heavy atom. The highest BCUT2D eigenvalue weighted by Crippen LogP contribution is 2.17. The molecule has 2 N–H and O–H groups in total. The van der Waals surface area contributed by atoms with E-state index in [4.69, 9.17) is 5.11 Å². The predicted molar refractivity (Wildman–Crippen MR) is 68.9 cm³/mol. The zero-order valence-corrected chi connectivity index (χ0v) is 11.4. The maximum atomic E-state index is 12.1. The summed E-state index contributed by atoms with van der Waals surface area (Å²) in [7, 11) is 1.60. The largest absolute Gasteiger partial charge is 0.394 e. The van der Waals surface area contributed by atoms with Gasteiger partial charge in [0.1, 0.15) is 0 Å². The first kappa shape index (κ1) is 14.2. The van der Waals surface area contributed by atoms with Crippen LogP contribution >= 0.6 is 15.9 Å². The van der Waals surface area contributed by atoms with Crippen LogP contribution in [0.25, 0.3) is 0 Å². The van der Waals surface area contributed by atoms with Crippen molar-refractivity contribution in [3.63, 3.8) is 0 Å². The number of aryl methyl sites for hydroxylation is 1. The van der Waals surface area contributed by atoms with E-state index >= 15 is 0 Å². The van der Waals surface area contributed by atoms with Crippen LogP contribution in [-0.2, 0) is 0 Å². The van der Waals surface area contributed by atoms with E-state index in [1.165, 1.54) is 4.90 Å². The summed E-state index contributed by atoms with van der Waals surface area (Å²) in [5.74, 6) is -0.170. The Kier molecular flexibility index (Phi) is 5.11. The molecule has 0 spiro atoms. The van der Waals surface area contributed by atoms with Gasteiger partial charge in [-0.25, -0.2) is 0 Å². The van der Waals surface area contributed by atoms with Crippen LogP contribution in [-0.4, -0.2) is 47.3 Å². The second kappa shape index (κ2) is 6.14. The predicted octanol–water partition coefficient (Wildman–Crippen LogP) is 1.18. The highest BCUT2D eigenvalue weighted by molar-refractivity contribution is 9.10. The summed E-state index contributed by atoms with van der Waals surface area (Å²) < 4.78 is 0.836. The second-order valence-electron chi connectivity index (χ2n) is 3.98. The molecule has 5 heteroatoms. The molecule has 1 rings (SSSR count). The molecule has 0 unspecified atom stereocenters. The molecule has 4 nitrogen and oxygen atoms in total. The summed E-state index contributed by atoms with van der Waals surface area (Å²) in [5.41, 5.74) is 1.47. The van der Waals surface area contributed by atoms with Gasteiger partial charge in [0.25, 0.3) is 5.91 Å². The molecule has 17 heavy (non-hydrogen) atoms. The average molecular weight is 302 g/mol. The standard InChI is InChI=1S/C12H16BrNO3/c1-8-3-4-9(13)5-11(8)12(17)14(2)6-10(16)7-15/h3-5,10,15-16H,6-7H2,1-2H3/t10-/m0/s1. The van der Waals surface area contributed by atoms with Gasteiger partial charge in [-0.15, -0.1) is 0 Å². The third-order valence-electron chi connectivity index (χ3n) is 2.47. The summed E-state index contributed by atoms with van der Waals surface area (Å²) >= 11 is 3.32. The quantitative estimate of drug-likeness (QED) is 0.878. The minimum absolute atomic E-state index is 0.112. The van der Waals surface area contributed by atoms with Crippen molar-refractivity contribution in [2.45, 2.75) is 13.0 Å². The summed E-state index contributed by atoms with van der Waals surface area (Å²) in [4.78, 5) is 13.5. The Morgan fingerprint density at radius 2 is 2.18 bits per heavy atom. The fourth-order valence-electron chi connectivity index (χ4n) is 1.49. The zero-order chi connectivity index (χ0) is 13.0. The van der Waals surface area contributed by atoms with Gasteiger partial charge in [-0.05, 0) is 24.6 Å². The van der Waals surface area contributed by atoms with Crippen LogP contribution in [0.3, 0.4) is 0 Å². The fourth-order valence-corrected chi connectivity index (χ4v) is 1.85. The molecule has 1 amide bonds. The van der Waals surface area contributed by atoms with E-state index < -0.39 is 6.10 Å². The molecule has 94 valence electrons. The minimum atomic E-state index is -0.906. The Hall–Kier alpha value is -0.910. The Morgan fingerprint density at radius 1 is 1.53 bits per heavy atom. The molecule has 1 aromatic rings. The first-order valence-corrected chi connectivity index (χ1v) is 6.05. The second-order valence-corrected chi connectivity index (χ2v) is 4.90. The SMILES string of the molecule is Cc1ccc(Br)cc1C(=O)N(C)C[C@H](O)CO. The van der Waals surface area contributed by atoms with Gasteiger partial charge in [-0.2, -0.15) is 0 Å². The molecular formula is C12H16BrNO3. The van der Waals surface area contributed by atoms with Gasteiger partial charge in [-0.1, -0.05) is 22.0 Å². The Balaban J connectivity index is 2.85. The van der Waals surface area contributed by atoms with E-state index in [2.05, 4.69) is 15.9 Å². The molecule has 0 saturated carbocycles. The van der Waals surface area contributed by atoms with Gasteiger partial charge < -0.3 is 15.1 Å².